The highest BCUT2D eigenvalue weighted by Crippen LogP contribution is 2.22. The average Bonchev–Trinajstić information content (AvgIpc) is 2.82. The van der Waals surface area contributed by atoms with E-state index in [1.807, 2.05) is 30.3 Å². The number of benzene rings is 3. The number of esters is 1. The molecule has 3 amide bonds. The lowest BCUT2D eigenvalue weighted by atomic mass is 10.0. The first-order valence-electron chi connectivity index (χ1n) is 9.97. The van der Waals surface area contributed by atoms with E-state index in [2.05, 4.69) is 5.32 Å². The van der Waals surface area contributed by atoms with Gasteiger partial charge in [0, 0.05) is 21.8 Å². The molecule has 0 unspecified atom stereocenters. The molecular weight excluding hydrogens is 458 g/mol. The van der Waals surface area contributed by atoms with Crippen LogP contribution >= 0.6 is 11.6 Å². The number of nitrogens with one attached hydrogen (secondary N) is 1. The zero-order valence-electron chi connectivity index (χ0n) is 17.8. The van der Waals surface area contributed by atoms with Crippen molar-refractivity contribution < 1.29 is 23.9 Å². The van der Waals surface area contributed by atoms with Crippen LogP contribution in [0.3, 0.4) is 0 Å². The molecule has 0 aliphatic heterocycles. The fourth-order valence-electron chi connectivity index (χ4n) is 3.00. The number of ether oxygens (including phenoxy) is 1. The van der Waals surface area contributed by atoms with Crippen molar-refractivity contribution in [2.24, 2.45) is 11.5 Å². The number of halogens is 1. The van der Waals surface area contributed by atoms with Gasteiger partial charge in [0.1, 0.15) is 0 Å². The summed E-state index contributed by atoms with van der Waals surface area (Å²) in [5.74, 6) is -3.03. The molecule has 34 heavy (non-hydrogen) atoms. The van der Waals surface area contributed by atoms with E-state index >= 15 is 0 Å². The maximum atomic E-state index is 12.9. The Labute approximate surface area is 200 Å². The highest BCUT2D eigenvalue weighted by atomic mass is 35.5. The molecule has 0 saturated heterocycles. The molecule has 172 valence electrons. The number of carbonyl (C=O) groups excluding carboxylic acids is 4. The monoisotopic (exact) mass is 477 g/mol. The zero-order chi connectivity index (χ0) is 24.7. The molecule has 0 aromatic heterocycles. The SMILES string of the molecule is NC(=O)c1cc(NC(=O)COC(=O)/C(=C/c2ccccc2)c2ccc(Cl)cc2)cc(C(N)=O)c1. The predicted molar refractivity (Wildman–Crippen MR) is 129 cm³/mol. The van der Waals surface area contributed by atoms with Gasteiger partial charge in [0.25, 0.3) is 5.91 Å². The van der Waals surface area contributed by atoms with E-state index in [-0.39, 0.29) is 22.4 Å². The number of hydrogen-bond acceptors (Lipinski definition) is 5. The van der Waals surface area contributed by atoms with E-state index in [1.165, 1.54) is 18.2 Å². The van der Waals surface area contributed by atoms with Gasteiger partial charge in [-0.3, -0.25) is 14.4 Å². The Balaban J connectivity index is 1.76. The van der Waals surface area contributed by atoms with E-state index in [1.54, 1.807) is 30.3 Å². The van der Waals surface area contributed by atoms with Gasteiger partial charge < -0.3 is 21.5 Å². The lowest BCUT2D eigenvalue weighted by Crippen LogP contribution is -2.22. The van der Waals surface area contributed by atoms with Gasteiger partial charge in [-0.1, -0.05) is 54.1 Å². The van der Waals surface area contributed by atoms with Crippen molar-refractivity contribution in [2.45, 2.75) is 0 Å². The molecule has 0 spiro atoms. The molecule has 0 atom stereocenters. The lowest BCUT2D eigenvalue weighted by Gasteiger charge is -2.11. The van der Waals surface area contributed by atoms with Crippen molar-refractivity contribution in [3.63, 3.8) is 0 Å². The van der Waals surface area contributed by atoms with Crippen LogP contribution in [0.25, 0.3) is 11.6 Å². The first-order valence-corrected chi connectivity index (χ1v) is 10.3. The van der Waals surface area contributed by atoms with Crippen molar-refractivity contribution in [1.29, 1.82) is 0 Å². The molecule has 0 saturated carbocycles. The van der Waals surface area contributed by atoms with Crippen molar-refractivity contribution in [3.8, 4) is 0 Å². The Hall–Kier alpha value is -4.43. The first kappa shape index (κ1) is 24.2. The Morgan fingerprint density at radius 2 is 1.41 bits per heavy atom. The van der Waals surface area contributed by atoms with Crippen molar-refractivity contribution >= 4 is 52.6 Å². The molecule has 8 nitrogen and oxygen atoms in total. The van der Waals surface area contributed by atoms with E-state index in [9.17, 15) is 19.2 Å². The third-order valence-electron chi connectivity index (χ3n) is 4.61. The molecule has 9 heteroatoms. The number of primary amides is 2. The molecule has 0 aliphatic rings. The second-order valence-corrected chi connectivity index (χ2v) is 7.56. The smallest absolute Gasteiger partial charge is 0.339 e. The molecule has 3 aromatic carbocycles. The molecular formula is C25H20ClN3O5. The Bertz CT molecular complexity index is 1240. The van der Waals surface area contributed by atoms with Gasteiger partial charge in [-0.25, -0.2) is 4.79 Å². The van der Waals surface area contributed by atoms with Gasteiger partial charge in [-0.2, -0.15) is 0 Å². The van der Waals surface area contributed by atoms with Crippen LogP contribution in [0.4, 0.5) is 5.69 Å². The van der Waals surface area contributed by atoms with Gasteiger partial charge in [0.05, 0.1) is 5.57 Å². The highest BCUT2D eigenvalue weighted by molar-refractivity contribution is 6.30. The van der Waals surface area contributed by atoms with Crippen LogP contribution in [-0.4, -0.2) is 30.3 Å². The number of anilines is 1. The number of rotatable bonds is 8. The van der Waals surface area contributed by atoms with Gasteiger partial charge in [0.15, 0.2) is 6.61 Å². The molecule has 0 bridgehead atoms. The minimum Gasteiger partial charge on any atom is -0.452 e. The topological polar surface area (TPSA) is 142 Å². The summed E-state index contributed by atoms with van der Waals surface area (Å²) in [6.45, 7) is -0.620. The van der Waals surface area contributed by atoms with E-state index in [4.69, 9.17) is 27.8 Å². The molecule has 0 fully saturated rings. The van der Waals surface area contributed by atoms with Gasteiger partial charge in [-0.05, 0) is 47.5 Å². The third-order valence-corrected chi connectivity index (χ3v) is 4.86. The Kier molecular flexibility index (Phi) is 7.79. The number of carbonyl (C=O) groups is 4. The lowest BCUT2D eigenvalue weighted by molar-refractivity contribution is -0.141. The fourth-order valence-corrected chi connectivity index (χ4v) is 3.12. The van der Waals surface area contributed by atoms with Crippen LogP contribution in [0.1, 0.15) is 31.8 Å². The average molecular weight is 478 g/mol. The zero-order valence-corrected chi connectivity index (χ0v) is 18.5. The molecule has 0 aliphatic carbocycles. The largest absolute Gasteiger partial charge is 0.452 e. The van der Waals surface area contributed by atoms with Crippen molar-refractivity contribution in [2.75, 3.05) is 11.9 Å². The van der Waals surface area contributed by atoms with Crippen molar-refractivity contribution in [1.82, 2.24) is 0 Å². The second-order valence-electron chi connectivity index (χ2n) is 7.13. The molecule has 3 aromatic rings. The molecule has 3 rings (SSSR count). The van der Waals surface area contributed by atoms with E-state index < -0.39 is 30.3 Å². The minimum absolute atomic E-state index is 0.0144. The summed E-state index contributed by atoms with van der Waals surface area (Å²) in [5, 5.41) is 2.96. The van der Waals surface area contributed by atoms with Gasteiger partial charge in [-0.15, -0.1) is 0 Å². The van der Waals surface area contributed by atoms with Crippen LogP contribution in [0.15, 0.2) is 72.8 Å². The van der Waals surface area contributed by atoms with Crippen LogP contribution < -0.4 is 16.8 Å². The summed E-state index contributed by atoms with van der Waals surface area (Å²) in [6, 6.07) is 19.5. The van der Waals surface area contributed by atoms with Gasteiger partial charge >= 0.3 is 5.97 Å². The maximum absolute atomic E-state index is 12.9. The van der Waals surface area contributed by atoms with Crippen LogP contribution in [0, 0.1) is 0 Å². The highest BCUT2D eigenvalue weighted by Gasteiger charge is 2.17. The quantitative estimate of drug-likeness (QED) is 0.259. The number of amides is 3. The van der Waals surface area contributed by atoms with Crippen LogP contribution in [0.2, 0.25) is 5.02 Å². The summed E-state index contributed by atoms with van der Waals surface area (Å²) < 4.78 is 5.21. The van der Waals surface area contributed by atoms with Crippen LogP contribution in [0.5, 0.6) is 0 Å². The minimum atomic E-state index is -0.802. The number of nitrogens with two attached hydrogens (primary N) is 2. The van der Waals surface area contributed by atoms with Crippen LogP contribution in [-0.2, 0) is 14.3 Å². The first-order chi connectivity index (χ1) is 16.2. The molecule has 0 heterocycles. The molecule has 5 N–H and O–H groups in total. The summed E-state index contributed by atoms with van der Waals surface area (Å²) in [6.07, 6.45) is 1.64. The van der Waals surface area contributed by atoms with E-state index in [0.717, 1.165) is 5.56 Å². The fraction of sp³-hybridized carbons (Fsp3) is 0.0400. The second kappa shape index (κ2) is 10.9. The van der Waals surface area contributed by atoms with Gasteiger partial charge in [0.2, 0.25) is 11.8 Å². The summed E-state index contributed by atoms with van der Waals surface area (Å²) in [5.41, 5.74) is 12.1. The number of hydrogen-bond donors (Lipinski definition) is 3. The molecule has 0 radical (unpaired) electrons. The summed E-state index contributed by atoms with van der Waals surface area (Å²) in [4.78, 5) is 48.2. The maximum Gasteiger partial charge on any atom is 0.339 e. The third kappa shape index (κ3) is 6.54. The summed E-state index contributed by atoms with van der Waals surface area (Å²) in [7, 11) is 0. The standard InChI is InChI=1S/C25H20ClN3O5/c26-19-8-6-16(7-9-19)21(10-15-4-2-1-3-5-15)25(33)34-14-22(30)29-20-12-17(23(27)31)11-18(13-20)24(28)32/h1-13H,14H2,(H2,27,31)(H2,28,32)(H,29,30)/b21-10+. The summed E-state index contributed by atoms with van der Waals surface area (Å²) >= 11 is 5.95. The van der Waals surface area contributed by atoms with E-state index in [0.29, 0.717) is 10.6 Å². The Morgan fingerprint density at radius 3 is 1.97 bits per heavy atom. The Morgan fingerprint density at radius 1 is 0.824 bits per heavy atom. The van der Waals surface area contributed by atoms with Crippen molar-refractivity contribution in [3.05, 3.63) is 100 Å². The normalized spacial score (nSPS) is 10.9. The predicted octanol–water partition coefficient (Wildman–Crippen LogP) is 3.26.